The zero-order valence-corrected chi connectivity index (χ0v) is 20.3. The van der Waals surface area contributed by atoms with Crippen LogP contribution in [-0.4, -0.2) is 9.97 Å². The molecule has 0 fully saturated rings. The van der Waals surface area contributed by atoms with E-state index >= 15 is 0 Å². The molecule has 0 N–H and O–H groups in total. The highest BCUT2D eigenvalue weighted by Crippen LogP contribution is 2.41. The van der Waals surface area contributed by atoms with E-state index in [9.17, 15) is 0 Å². The number of hydrogen-bond donors (Lipinski definition) is 0. The lowest BCUT2D eigenvalue weighted by molar-refractivity contribution is 0.633. The highest BCUT2D eigenvalue weighted by atomic mass is 16.4. The molecule has 0 unspecified atom stereocenters. The summed E-state index contributed by atoms with van der Waals surface area (Å²) in [6, 6.07) is 40.9. The van der Waals surface area contributed by atoms with Crippen molar-refractivity contribution in [3.05, 3.63) is 121 Å². The van der Waals surface area contributed by atoms with Crippen LogP contribution in [0.2, 0.25) is 0 Å². The van der Waals surface area contributed by atoms with Crippen LogP contribution in [0.3, 0.4) is 0 Å². The molecule has 0 aliphatic carbocycles. The van der Waals surface area contributed by atoms with Crippen LogP contribution in [0.15, 0.2) is 130 Å². The molecule has 0 bridgehead atoms. The molecule has 4 nitrogen and oxygen atoms in total. The normalized spacial score (nSPS) is 11.7. The van der Waals surface area contributed by atoms with Gasteiger partial charge in [0.2, 0.25) is 0 Å². The second-order valence-electron chi connectivity index (χ2n) is 9.40. The summed E-state index contributed by atoms with van der Waals surface area (Å²) in [5.74, 6) is 0.621. The molecule has 178 valence electrons. The lowest BCUT2D eigenvalue weighted by atomic mass is 10.0. The first-order valence-electron chi connectivity index (χ1n) is 12.6. The second-order valence-corrected chi connectivity index (χ2v) is 9.40. The molecule has 3 heterocycles. The van der Waals surface area contributed by atoms with Crippen molar-refractivity contribution in [3.63, 3.8) is 0 Å². The standard InChI is InChI=1S/C34H20N2O2/c1-3-10-21(11-4-1)28-20-29(22-12-5-2-6-13-22)36-34(35-28)27-16-9-15-24-26-19-18-25-23-14-7-8-17-30(23)37-32(25)33(26)38-31(24)27/h1-20H. The van der Waals surface area contributed by atoms with Crippen molar-refractivity contribution in [2.45, 2.75) is 0 Å². The number of nitrogens with zero attached hydrogens (tertiary/aromatic N) is 2. The Kier molecular flexibility index (Phi) is 4.49. The maximum absolute atomic E-state index is 6.60. The Hall–Kier alpha value is -5.22. The second kappa shape index (κ2) is 8.15. The molecule has 8 aromatic rings. The first-order chi connectivity index (χ1) is 18.8. The third-order valence-corrected chi connectivity index (χ3v) is 7.12. The number of rotatable bonds is 3. The third-order valence-electron chi connectivity index (χ3n) is 7.12. The van der Waals surface area contributed by atoms with Crippen molar-refractivity contribution in [1.82, 2.24) is 9.97 Å². The fraction of sp³-hybridized carbons (Fsp3) is 0. The summed E-state index contributed by atoms with van der Waals surface area (Å²) in [5.41, 5.74) is 7.74. The van der Waals surface area contributed by atoms with Gasteiger partial charge in [-0.15, -0.1) is 0 Å². The Morgan fingerprint density at radius 3 is 1.68 bits per heavy atom. The van der Waals surface area contributed by atoms with E-state index in [4.69, 9.17) is 18.8 Å². The number of para-hydroxylation sites is 2. The van der Waals surface area contributed by atoms with E-state index in [1.807, 2.05) is 72.8 Å². The minimum Gasteiger partial charge on any atom is -0.452 e. The maximum Gasteiger partial charge on any atom is 0.178 e. The lowest BCUT2D eigenvalue weighted by Gasteiger charge is -2.09. The fourth-order valence-corrected chi connectivity index (χ4v) is 5.30. The SMILES string of the molecule is c1ccc(-c2cc(-c3ccccc3)nc(-c3cccc4c3oc3c4ccc4c5ccccc5oc43)n2)cc1. The Bertz CT molecular complexity index is 2070. The van der Waals surface area contributed by atoms with Crippen molar-refractivity contribution in [2.75, 3.05) is 0 Å². The Morgan fingerprint density at radius 1 is 0.421 bits per heavy atom. The quantitative estimate of drug-likeness (QED) is 0.249. The molecule has 0 saturated heterocycles. The molecular weight excluding hydrogens is 468 g/mol. The number of benzene rings is 5. The van der Waals surface area contributed by atoms with Crippen LogP contribution in [0, 0.1) is 0 Å². The van der Waals surface area contributed by atoms with Crippen molar-refractivity contribution in [2.24, 2.45) is 0 Å². The van der Waals surface area contributed by atoms with Crippen molar-refractivity contribution in [3.8, 4) is 33.9 Å². The molecule has 5 aromatic carbocycles. The van der Waals surface area contributed by atoms with Gasteiger partial charge in [-0.3, -0.25) is 0 Å². The predicted octanol–water partition coefficient (Wildman–Crippen LogP) is 9.28. The van der Waals surface area contributed by atoms with Crippen molar-refractivity contribution < 1.29 is 8.83 Å². The highest BCUT2D eigenvalue weighted by Gasteiger charge is 2.20. The summed E-state index contributed by atoms with van der Waals surface area (Å²) >= 11 is 0. The number of aromatic nitrogens is 2. The van der Waals surface area contributed by atoms with Crippen LogP contribution >= 0.6 is 0 Å². The molecular formula is C34H20N2O2. The summed E-state index contributed by atoms with van der Waals surface area (Å²) < 4.78 is 12.9. The monoisotopic (exact) mass is 488 g/mol. The first kappa shape index (κ1) is 20.9. The minimum absolute atomic E-state index is 0.621. The summed E-state index contributed by atoms with van der Waals surface area (Å²) in [6.07, 6.45) is 0. The third kappa shape index (κ3) is 3.17. The Morgan fingerprint density at radius 2 is 0.974 bits per heavy atom. The molecule has 38 heavy (non-hydrogen) atoms. The summed E-state index contributed by atoms with van der Waals surface area (Å²) in [4.78, 5) is 10.0. The number of fused-ring (bicyclic) bond motifs is 7. The topological polar surface area (TPSA) is 52.1 Å². The van der Waals surface area contributed by atoms with E-state index in [0.29, 0.717) is 5.82 Å². The number of hydrogen-bond acceptors (Lipinski definition) is 4. The van der Waals surface area contributed by atoms with Gasteiger partial charge in [-0.2, -0.15) is 0 Å². The van der Waals surface area contributed by atoms with Crippen molar-refractivity contribution >= 4 is 43.9 Å². The Labute approximate surface area is 217 Å². The van der Waals surface area contributed by atoms with Crippen LogP contribution in [0.1, 0.15) is 0 Å². The lowest BCUT2D eigenvalue weighted by Crippen LogP contribution is -1.96. The van der Waals surface area contributed by atoms with Crippen molar-refractivity contribution in [1.29, 1.82) is 0 Å². The summed E-state index contributed by atoms with van der Waals surface area (Å²) in [7, 11) is 0. The van der Waals surface area contributed by atoms with Gasteiger partial charge in [-0.1, -0.05) is 91.0 Å². The predicted molar refractivity (Wildman–Crippen MR) is 153 cm³/mol. The van der Waals surface area contributed by atoms with Gasteiger partial charge < -0.3 is 8.83 Å². The summed E-state index contributed by atoms with van der Waals surface area (Å²) in [6.45, 7) is 0. The van der Waals surface area contributed by atoms with Gasteiger partial charge >= 0.3 is 0 Å². The molecule has 0 aliphatic rings. The van der Waals surface area contributed by atoms with Crippen LogP contribution in [-0.2, 0) is 0 Å². The maximum atomic E-state index is 6.60. The average molecular weight is 489 g/mol. The van der Waals surface area contributed by atoms with E-state index in [1.54, 1.807) is 0 Å². The number of furan rings is 2. The largest absolute Gasteiger partial charge is 0.452 e. The summed E-state index contributed by atoms with van der Waals surface area (Å²) in [5, 5.41) is 4.14. The van der Waals surface area contributed by atoms with Gasteiger partial charge in [-0.05, 0) is 30.3 Å². The molecule has 0 amide bonds. The molecule has 0 atom stereocenters. The van der Waals surface area contributed by atoms with Crippen LogP contribution in [0.25, 0.3) is 77.8 Å². The average Bonchev–Trinajstić information content (AvgIpc) is 3.56. The zero-order chi connectivity index (χ0) is 25.1. The minimum atomic E-state index is 0.621. The zero-order valence-electron chi connectivity index (χ0n) is 20.3. The van der Waals surface area contributed by atoms with Gasteiger partial charge in [0.1, 0.15) is 11.2 Å². The molecule has 0 saturated carbocycles. The van der Waals surface area contributed by atoms with E-state index in [-0.39, 0.29) is 0 Å². The van der Waals surface area contributed by atoms with E-state index in [2.05, 4.69) is 48.5 Å². The molecule has 8 rings (SSSR count). The molecule has 0 aliphatic heterocycles. The van der Waals surface area contributed by atoms with Gasteiger partial charge in [0.15, 0.2) is 17.0 Å². The van der Waals surface area contributed by atoms with Gasteiger partial charge in [0.25, 0.3) is 0 Å². The molecule has 3 aromatic heterocycles. The van der Waals surface area contributed by atoms with E-state index < -0.39 is 0 Å². The van der Waals surface area contributed by atoms with Gasteiger partial charge in [0.05, 0.1) is 17.0 Å². The molecule has 0 radical (unpaired) electrons. The molecule has 4 heteroatoms. The first-order valence-corrected chi connectivity index (χ1v) is 12.6. The van der Waals surface area contributed by atoms with E-state index in [0.717, 1.165) is 72.0 Å². The molecule has 0 spiro atoms. The van der Waals surface area contributed by atoms with Crippen LogP contribution in [0.5, 0.6) is 0 Å². The van der Waals surface area contributed by atoms with E-state index in [1.165, 1.54) is 0 Å². The van der Waals surface area contributed by atoms with Gasteiger partial charge in [-0.25, -0.2) is 9.97 Å². The van der Waals surface area contributed by atoms with Crippen LogP contribution < -0.4 is 0 Å². The Balaban J connectivity index is 1.41. The smallest absolute Gasteiger partial charge is 0.178 e. The highest BCUT2D eigenvalue weighted by molar-refractivity contribution is 6.20. The van der Waals surface area contributed by atoms with Gasteiger partial charge in [0, 0.05) is 32.7 Å². The fourth-order valence-electron chi connectivity index (χ4n) is 5.30. The van der Waals surface area contributed by atoms with Crippen LogP contribution in [0.4, 0.5) is 0 Å².